The first kappa shape index (κ1) is 15.5. The van der Waals surface area contributed by atoms with Crippen LogP contribution in [0.1, 0.15) is 15.9 Å². The highest BCUT2D eigenvalue weighted by molar-refractivity contribution is 7.94. The first-order chi connectivity index (χ1) is 9.96. The molecule has 1 aromatic carbocycles. The zero-order chi connectivity index (χ0) is 15.5. The summed E-state index contributed by atoms with van der Waals surface area (Å²) >= 11 is 1.11. The van der Waals surface area contributed by atoms with Gasteiger partial charge in [-0.2, -0.15) is 0 Å². The lowest BCUT2D eigenvalue weighted by Crippen LogP contribution is -2.13. The van der Waals surface area contributed by atoms with Crippen LogP contribution in [0.4, 0.5) is 5.69 Å². The summed E-state index contributed by atoms with van der Waals surface area (Å²) in [6.45, 7) is 0.179. The number of carbonyl (C=O) groups is 1. The summed E-state index contributed by atoms with van der Waals surface area (Å²) in [6.07, 6.45) is 0. The molecule has 0 radical (unpaired) electrons. The maximum absolute atomic E-state index is 12.2. The van der Waals surface area contributed by atoms with Crippen LogP contribution in [0.15, 0.2) is 39.9 Å². The van der Waals surface area contributed by atoms with Crippen molar-refractivity contribution in [2.24, 2.45) is 5.73 Å². The van der Waals surface area contributed by atoms with Gasteiger partial charge in [-0.15, -0.1) is 11.3 Å². The highest BCUT2D eigenvalue weighted by Crippen LogP contribution is 2.22. The molecule has 1 heterocycles. The number of benzene rings is 1. The monoisotopic (exact) mass is 326 g/mol. The number of rotatable bonds is 5. The Morgan fingerprint density at radius 2 is 2.14 bits per heavy atom. The first-order valence-electron chi connectivity index (χ1n) is 5.95. The molecule has 0 aliphatic heterocycles. The van der Waals surface area contributed by atoms with Crippen molar-refractivity contribution in [3.8, 4) is 0 Å². The molecule has 2 aromatic rings. The number of carbonyl (C=O) groups excluding carboxylic acids is 1. The van der Waals surface area contributed by atoms with Gasteiger partial charge in [-0.05, 0) is 35.2 Å². The predicted molar refractivity (Wildman–Crippen MR) is 80.8 cm³/mol. The van der Waals surface area contributed by atoms with Gasteiger partial charge in [0.2, 0.25) is 0 Å². The van der Waals surface area contributed by atoms with Crippen molar-refractivity contribution in [2.45, 2.75) is 10.8 Å². The van der Waals surface area contributed by atoms with Crippen LogP contribution >= 0.6 is 11.3 Å². The molecule has 0 aliphatic carbocycles. The molecule has 21 heavy (non-hydrogen) atoms. The summed E-state index contributed by atoms with van der Waals surface area (Å²) in [5.41, 5.74) is 6.70. The molecule has 0 aliphatic rings. The molecular weight excluding hydrogens is 312 g/mol. The number of nitrogens with two attached hydrogens (primary N) is 1. The van der Waals surface area contributed by atoms with Gasteiger partial charge in [-0.25, -0.2) is 13.2 Å². The molecule has 0 spiro atoms. The van der Waals surface area contributed by atoms with Crippen LogP contribution in [-0.2, 0) is 21.3 Å². The zero-order valence-corrected chi connectivity index (χ0v) is 12.8. The number of methoxy groups -OCH3 is 1. The van der Waals surface area contributed by atoms with E-state index in [1.165, 1.54) is 19.2 Å². The number of hydrogen-bond donors (Lipinski definition) is 2. The van der Waals surface area contributed by atoms with Crippen LogP contribution < -0.4 is 10.5 Å². The number of ether oxygens (including phenoxy) is 1. The van der Waals surface area contributed by atoms with Crippen molar-refractivity contribution in [2.75, 3.05) is 11.8 Å². The number of esters is 1. The summed E-state index contributed by atoms with van der Waals surface area (Å²) in [6, 6.07) is 7.71. The standard InChI is InChI=1S/C13H14N2O4S2/c1-19-13(16)10-5-9(8-14)6-11(7-10)15-21(17,18)12-3-2-4-20-12/h2-7,15H,8,14H2,1H3. The number of hydrogen-bond acceptors (Lipinski definition) is 6. The third-order valence-corrected chi connectivity index (χ3v) is 5.44. The lowest BCUT2D eigenvalue weighted by atomic mass is 10.1. The van der Waals surface area contributed by atoms with Crippen molar-refractivity contribution >= 4 is 33.0 Å². The van der Waals surface area contributed by atoms with Gasteiger partial charge in [0.05, 0.1) is 18.4 Å². The molecule has 0 saturated heterocycles. The third kappa shape index (κ3) is 3.60. The Morgan fingerprint density at radius 1 is 1.38 bits per heavy atom. The van der Waals surface area contributed by atoms with Crippen LogP contribution in [0.25, 0.3) is 0 Å². The lowest BCUT2D eigenvalue weighted by Gasteiger charge is -2.10. The molecule has 8 heteroatoms. The third-order valence-electron chi connectivity index (χ3n) is 2.66. The molecule has 6 nitrogen and oxygen atoms in total. The fraction of sp³-hybridized carbons (Fsp3) is 0.154. The molecular formula is C13H14N2O4S2. The largest absolute Gasteiger partial charge is 0.465 e. The predicted octanol–water partition coefficient (Wildman–Crippen LogP) is 1.79. The summed E-state index contributed by atoms with van der Waals surface area (Å²) in [4.78, 5) is 11.6. The lowest BCUT2D eigenvalue weighted by molar-refractivity contribution is 0.0600. The van der Waals surface area contributed by atoms with E-state index < -0.39 is 16.0 Å². The normalized spacial score (nSPS) is 11.1. The molecule has 0 atom stereocenters. The van der Waals surface area contributed by atoms with Gasteiger partial charge in [0.1, 0.15) is 4.21 Å². The Balaban J connectivity index is 2.38. The van der Waals surface area contributed by atoms with Crippen LogP contribution in [-0.4, -0.2) is 21.5 Å². The number of sulfonamides is 1. The van der Waals surface area contributed by atoms with E-state index in [1.54, 1.807) is 23.6 Å². The van der Waals surface area contributed by atoms with Crippen LogP contribution in [0.2, 0.25) is 0 Å². The van der Waals surface area contributed by atoms with Crippen molar-refractivity contribution < 1.29 is 17.9 Å². The smallest absolute Gasteiger partial charge is 0.337 e. The van der Waals surface area contributed by atoms with Gasteiger partial charge >= 0.3 is 5.97 Å². The van der Waals surface area contributed by atoms with E-state index in [0.29, 0.717) is 5.56 Å². The van der Waals surface area contributed by atoms with Crippen molar-refractivity contribution in [3.63, 3.8) is 0 Å². The van der Waals surface area contributed by atoms with Gasteiger partial charge in [-0.1, -0.05) is 6.07 Å². The Hall–Kier alpha value is -1.90. The van der Waals surface area contributed by atoms with Gasteiger partial charge in [0, 0.05) is 6.54 Å². The van der Waals surface area contributed by atoms with E-state index >= 15 is 0 Å². The second kappa shape index (κ2) is 6.25. The zero-order valence-electron chi connectivity index (χ0n) is 11.2. The fourth-order valence-electron chi connectivity index (χ4n) is 1.73. The quantitative estimate of drug-likeness (QED) is 0.816. The highest BCUT2D eigenvalue weighted by Gasteiger charge is 2.17. The van der Waals surface area contributed by atoms with Gasteiger partial charge in [0.25, 0.3) is 10.0 Å². The molecule has 112 valence electrons. The van der Waals surface area contributed by atoms with Crippen LogP contribution in [0.5, 0.6) is 0 Å². The minimum Gasteiger partial charge on any atom is -0.465 e. The van der Waals surface area contributed by atoms with Crippen molar-refractivity contribution in [3.05, 3.63) is 46.8 Å². The van der Waals surface area contributed by atoms with Crippen LogP contribution in [0.3, 0.4) is 0 Å². The molecule has 0 bridgehead atoms. The van der Waals surface area contributed by atoms with Crippen molar-refractivity contribution in [1.29, 1.82) is 0 Å². The SMILES string of the molecule is COC(=O)c1cc(CN)cc(NS(=O)(=O)c2cccs2)c1. The molecule has 3 N–H and O–H groups in total. The van der Waals surface area contributed by atoms with E-state index in [0.717, 1.165) is 11.3 Å². The Labute approximate surface area is 126 Å². The maximum Gasteiger partial charge on any atom is 0.337 e. The van der Waals surface area contributed by atoms with E-state index in [2.05, 4.69) is 9.46 Å². The van der Waals surface area contributed by atoms with Gasteiger partial charge < -0.3 is 10.5 Å². The first-order valence-corrected chi connectivity index (χ1v) is 8.31. The number of anilines is 1. The summed E-state index contributed by atoms with van der Waals surface area (Å²) in [7, 11) is -2.41. The average Bonchev–Trinajstić information content (AvgIpc) is 3.00. The number of thiophene rings is 1. The highest BCUT2D eigenvalue weighted by atomic mass is 32.2. The maximum atomic E-state index is 12.2. The average molecular weight is 326 g/mol. The minimum atomic E-state index is -3.67. The Kier molecular flexibility index (Phi) is 4.61. The molecule has 0 unspecified atom stereocenters. The summed E-state index contributed by atoms with van der Waals surface area (Å²) < 4.78 is 31.6. The topological polar surface area (TPSA) is 98.5 Å². The van der Waals surface area contributed by atoms with E-state index in [-0.39, 0.29) is 22.0 Å². The van der Waals surface area contributed by atoms with E-state index in [4.69, 9.17) is 5.73 Å². The fourth-order valence-corrected chi connectivity index (χ4v) is 3.76. The minimum absolute atomic E-state index is 0.179. The molecule has 0 saturated carbocycles. The van der Waals surface area contributed by atoms with Gasteiger partial charge in [-0.3, -0.25) is 4.72 Å². The second-order valence-corrected chi connectivity index (χ2v) is 7.01. The molecule has 2 rings (SSSR count). The number of nitrogens with one attached hydrogen (secondary N) is 1. The molecule has 0 amide bonds. The Morgan fingerprint density at radius 3 is 2.71 bits per heavy atom. The second-order valence-electron chi connectivity index (χ2n) is 4.15. The Bertz CT molecular complexity index is 740. The molecule has 1 aromatic heterocycles. The van der Waals surface area contributed by atoms with Crippen molar-refractivity contribution in [1.82, 2.24) is 0 Å². The van der Waals surface area contributed by atoms with E-state index in [1.807, 2.05) is 0 Å². The van der Waals surface area contributed by atoms with Gasteiger partial charge in [0.15, 0.2) is 0 Å². The summed E-state index contributed by atoms with van der Waals surface area (Å²) in [5, 5.41) is 1.67. The summed E-state index contributed by atoms with van der Waals surface area (Å²) in [5.74, 6) is -0.554. The van der Waals surface area contributed by atoms with Crippen LogP contribution in [0, 0.1) is 0 Å². The van der Waals surface area contributed by atoms with E-state index in [9.17, 15) is 13.2 Å². The molecule has 0 fully saturated rings.